The minimum atomic E-state index is -3.62. The molecule has 2 aromatic carbocycles. The first-order valence-electron chi connectivity index (χ1n) is 9.78. The lowest BCUT2D eigenvalue weighted by Gasteiger charge is -2.19. The Morgan fingerprint density at radius 3 is 2.32 bits per heavy atom. The van der Waals surface area contributed by atoms with Crippen molar-refractivity contribution >= 4 is 21.6 Å². The van der Waals surface area contributed by atoms with E-state index < -0.39 is 16.6 Å². The lowest BCUT2D eigenvalue weighted by molar-refractivity contribution is -0.117. The lowest BCUT2D eigenvalue weighted by atomic mass is 10.2. The van der Waals surface area contributed by atoms with Gasteiger partial charge in [-0.3, -0.25) is 9.69 Å². The molecule has 0 spiro atoms. The summed E-state index contributed by atoms with van der Waals surface area (Å²) >= 11 is 0. The molecule has 0 bridgehead atoms. The minimum absolute atomic E-state index is 0.0578. The van der Waals surface area contributed by atoms with Crippen LogP contribution in [0, 0.1) is 0 Å². The molecule has 0 aliphatic carbocycles. The van der Waals surface area contributed by atoms with Crippen molar-refractivity contribution in [3.05, 3.63) is 54.1 Å². The van der Waals surface area contributed by atoms with E-state index in [1.807, 2.05) is 0 Å². The quantitative estimate of drug-likeness (QED) is 0.562. The summed E-state index contributed by atoms with van der Waals surface area (Å²) in [7, 11) is -1.88. The van der Waals surface area contributed by atoms with Crippen LogP contribution in [0.25, 0.3) is 0 Å². The van der Waals surface area contributed by atoms with E-state index in [-0.39, 0.29) is 23.1 Å². The van der Waals surface area contributed by atoms with Gasteiger partial charge in [-0.1, -0.05) is 32.0 Å². The van der Waals surface area contributed by atoms with E-state index in [9.17, 15) is 22.0 Å². The predicted octanol–water partition coefficient (Wildman–Crippen LogP) is 3.39. The Balaban J connectivity index is 1.96. The van der Waals surface area contributed by atoms with Crippen LogP contribution in [-0.4, -0.2) is 56.8 Å². The summed E-state index contributed by atoms with van der Waals surface area (Å²) in [6, 6.07) is 12.3. The van der Waals surface area contributed by atoms with Gasteiger partial charge < -0.3 is 10.1 Å². The van der Waals surface area contributed by atoms with Gasteiger partial charge in [0, 0.05) is 25.3 Å². The fourth-order valence-electron chi connectivity index (χ4n) is 3.04. The maximum absolute atomic E-state index is 12.7. The number of ether oxygens (including phenoxy) is 1. The van der Waals surface area contributed by atoms with Crippen LogP contribution in [0.3, 0.4) is 0 Å². The van der Waals surface area contributed by atoms with Gasteiger partial charge in [-0.05, 0) is 42.9 Å². The number of carbonyl (C=O) groups excluding carboxylic acids is 1. The average molecular weight is 456 g/mol. The van der Waals surface area contributed by atoms with Crippen molar-refractivity contribution in [1.29, 1.82) is 0 Å². The van der Waals surface area contributed by atoms with Crippen molar-refractivity contribution < 1.29 is 26.7 Å². The number of sulfonamides is 1. The van der Waals surface area contributed by atoms with Crippen molar-refractivity contribution in [3.63, 3.8) is 0 Å². The first-order valence-corrected chi connectivity index (χ1v) is 11.2. The number of alkyl halides is 2. The third-order valence-electron chi connectivity index (χ3n) is 4.48. The molecule has 1 N–H and O–H groups in total. The van der Waals surface area contributed by atoms with Gasteiger partial charge in [0.25, 0.3) is 0 Å². The van der Waals surface area contributed by atoms with Gasteiger partial charge in [-0.25, -0.2) is 8.42 Å². The highest BCUT2D eigenvalue weighted by Gasteiger charge is 2.22. The first kappa shape index (κ1) is 24.7. The zero-order valence-corrected chi connectivity index (χ0v) is 18.5. The number of halogens is 2. The van der Waals surface area contributed by atoms with Crippen molar-refractivity contribution in [1.82, 2.24) is 9.21 Å². The van der Waals surface area contributed by atoms with Crippen LogP contribution >= 0.6 is 0 Å². The lowest BCUT2D eigenvalue weighted by Crippen LogP contribution is -2.31. The van der Waals surface area contributed by atoms with Gasteiger partial charge in [0.2, 0.25) is 15.9 Å². The maximum atomic E-state index is 12.7. The molecular weight excluding hydrogens is 428 g/mol. The third-order valence-corrected chi connectivity index (χ3v) is 6.52. The molecule has 0 aromatic heterocycles. The van der Waals surface area contributed by atoms with Gasteiger partial charge in [0.1, 0.15) is 5.75 Å². The van der Waals surface area contributed by atoms with E-state index in [4.69, 9.17) is 0 Å². The van der Waals surface area contributed by atoms with Crippen LogP contribution in [0.4, 0.5) is 14.5 Å². The number of benzene rings is 2. The predicted molar refractivity (Wildman–Crippen MR) is 115 cm³/mol. The topological polar surface area (TPSA) is 79.0 Å². The van der Waals surface area contributed by atoms with Crippen LogP contribution in [-0.2, 0) is 21.4 Å². The van der Waals surface area contributed by atoms with Gasteiger partial charge in [-0.15, -0.1) is 0 Å². The molecule has 2 rings (SSSR count). The standard InChI is InChI=1S/C21H27F2N3O4S/c1-4-26(5-2)31(28,29)19-8-6-7-17(13-19)24-20(27)15-25(3)14-16-9-11-18(12-10-16)30-21(22)23/h6-13,21H,4-5,14-15H2,1-3H3,(H,24,27). The summed E-state index contributed by atoms with van der Waals surface area (Å²) < 4.78 is 55.4. The van der Waals surface area contributed by atoms with Crippen molar-refractivity contribution in [2.24, 2.45) is 0 Å². The molecule has 0 saturated carbocycles. The summed E-state index contributed by atoms with van der Waals surface area (Å²) in [5, 5.41) is 2.71. The van der Waals surface area contributed by atoms with E-state index in [1.165, 1.54) is 28.6 Å². The number of anilines is 1. The van der Waals surface area contributed by atoms with Crippen LogP contribution < -0.4 is 10.1 Å². The number of hydrogen-bond acceptors (Lipinski definition) is 5. The summed E-state index contributed by atoms with van der Waals surface area (Å²) in [5.74, 6) is -0.240. The van der Waals surface area contributed by atoms with Crippen molar-refractivity contribution in [2.75, 3.05) is 32.0 Å². The smallest absolute Gasteiger partial charge is 0.387 e. The highest BCUT2D eigenvalue weighted by Crippen LogP contribution is 2.20. The van der Waals surface area contributed by atoms with E-state index in [1.54, 1.807) is 50.1 Å². The molecule has 31 heavy (non-hydrogen) atoms. The number of amides is 1. The van der Waals surface area contributed by atoms with Crippen LogP contribution in [0.15, 0.2) is 53.4 Å². The summed E-state index contributed by atoms with van der Waals surface area (Å²) in [6.07, 6.45) is 0. The second-order valence-corrected chi connectivity index (χ2v) is 8.80. The van der Waals surface area contributed by atoms with E-state index in [0.717, 1.165) is 5.56 Å². The molecule has 0 aliphatic rings. The van der Waals surface area contributed by atoms with E-state index in [2.05, 4.69) is 10.1 Å². The van der Waals surface area contributed by atoms with Crippen LogP contribution in [0.5, 0.6) is 5.75 Å². The second-order valence-electron chi connectivity index (χ2n) is 6.86. The van der Waals surface area contributed by atoms with E-state index >= 15 is 0 Å². The SMILES string of the molecule is CCN(CC)S(=O)(=O)c1cccc(NC(=O)CN(C)Cc2ccc(OC(F)F)cc2)c1. The number of hydrogen-bond donors (Lipinski definition) is 1. The molecule has 170 valence electrons. The van der Waals surface area contributed by atoms with Crippen LogP contribution in [0.1, 0.15) is 19.4 Å². The highest BCUT2D eigenvalue weighted by atomic mass is 32.2. The second kappa shape index (κ2) is 11.2. The Bertz CT molecular complexity index is 965. The normalized spacial score (nSPS) is 11.9. The highest BCUT2D eigenvalue weighted by molar-refractivity contribution is 7.89. The molecule has 0 atom stereocenters. The minimum Gasteiger partial charge on any atom is -0.435 e. The molecule has 0 radical (unpaired) electrons. The molecule has 0 fully saturated rings. The Kier molecular flexibility index (Phi) is 8.90. The van der Waals surface area contributed by atoms with Gasteiger partial charge in [-0.2, -0.15) is 13.1 Å². The molecule has 0 heterocycles. The summed E-state index contributed by atoms with van der Waals surface area (Å²) in [6.45, 7) is 1.84. The Morgan fingerprint density at radius 2 is 1.74 bits per heavy atom. The Morgan fingerprint density at radius 1 is 1.10 bits per heavy atom. The zero-order valence-electron chi connectivity index (χ0n) is 17.7. The van der Waals surface area contributed by atoms with Gasteiger partial charge >= 0.3 is 6.61 Å². The molecule has 1 amide bonds. The van der Waals surface area contributed by atoms with Crippen LogP contribution in [0.2, 0.25) is 0 Å². The Labute approximate surface area is 181 Å². The zero-order chi connectivity index (χ0) is 23.0. The van der Waals surface area contributed by atoms with E-state index in [0.29, 0.717) is 25.3 Å². The molecule has 0 saturated heterocycles. The molecular formula is C21H27F2N3O4S. The largest absolute Gasteiger partial charge is 0.435 e. The maximum Gasteiger partial charge on any atom is 0.387 e. The molecule has 2 aromatic rings. The molecule has 10 heteroatoms. The van der Waals surface area contributed by atoms with Crippen molar-refractivity contribution in [3.8, 4) is 5.75 Å². The molecule has 7 nitrogen and oxygen atoms in total. The number of rotatable bonds is 11. The third kappa shape index (κ3) is 7.27. The first-order chi connectivity index (χ1) is 14.6. The summed E-state index contributed by atoms with van der Waals surface area (Å²) in [4.78, 5) is 14.2. The fraction of sp³-hybridized carbons (Fsp3) is 0.381. The van der Waals surface area contributed by atoms with Gasteiger partial charge in [0.05, 0.1) is 11.4 Å². The average Bonchev–Trinajstić information content (AvgIpc) is 2.70. The monoisotopic (exact) mass is 455 g/mol. The number of carbonyl (C=O) groups is 1. The number of nitrogens with zero attached hydrogens (tertiary/aromatic N) is 2. The molecule has 0 unspecified atom stereocenters. The Hall–Kier alpha value is -2.56. The van der Waals surface area contributed by atoms with Crippen molar-refractivity contribution in [2.45, 2.75) is 31.9 Å². The summed E-state index contributed by atoms with van der Waals surface area (Å²) in [5.41, 5.74) is 1.21. The fourth-order valence-corrected chi connectivity index (χ4v) is 4.54. The number of nitrogens with one attached hydrogen (secondary N) is 1. The van der Waals surface area contributed by atoms with Gasteiger partial charge in [0.15, 0.2) is 0 Å². The molecule has 0 aliphatic heterocycles. The number of likely N-dealkylation sites (N-methyl/N-ethyl adjacent to an activating group) is 1.